The SMILES string of the molecule is Cc1sc(-c2ccc(OC(F)F)cc2)nc1C1C(=O)[C@@H]2C3CCC(O3)[C@@H]2C1=O. The van der Waals surface area contributed by atoms with Crippen molar-refractivity contribution < 1.29 is 27.8 Å². The molecule has 3 heterocycles. The van der Waals surface area contributed by atoms with Crippen molar-refractivity contribution in [3.8, 4) is 16.3 Å². The molecule has 5 atom stereocenters. The lowest BCUT2D eigenvalue weighted by Gasteiger charge is -2.16. The molecule has 0 amide bonds. The minimum atomic E-state index is -2.88. The summed E-state index contributed by atoms with van der Waals surface area (Å²) in [5.41, 5.74) is 1.25. The van der Waals surface area contributed by atoms with Crippen LogP contribution in [0.15, 0.2) is 24.3 Å². The molecule has 1 aromatic carbocycles. The average Bonchev–Trinajstić information content (AvgIpc) is 3.40. The van der Waals surface area contributed by atoms with Gasteiger partial charge in [-0.3, -0.25) is 9.59 Å². The molecule has 1 aromatic heterocycles. The monoisotopic (exact) mass is 405 g/mol. The van der Waals surface area contributed by atoms with Crippen molar-refractivity contribution in [1.29, 1.82) is 0 Å². The molecule has 1 saturated carbocycles. The summed E-state index contributed by atoms with van der Waals surface area (Å²) in [4.78, 5) is 31.4. The van der Waals surface area contributed by atoms with E-state index in [2.05, 4.69) is 9.72 Å². The second kappa shape index (κ2) is 6.42. The Morgan fingerprint density at radius 3 is 2.29 bits per heavy atom. The van der Waals surface area contributed by atoms with Crippen molar-refractivity contribution in [3.05, 3.63) is 34.8 Å². The fourth-order valence-electron chi connectivity index (χ4n) is 4.77. The standard InChI is InChI=1S/C20H17F2NO4S/c1-8-16(15-17(24)13-11-6-7-12(27-11)14(13)18(15)25)23-19(28-8)9-2-4-10(5-3-9)26-20(21)22/h2-5,11-15,20H,6-7H2,1H3/t11?,12?,13-,14+,15?. The number of nitrogens with zero attached hydrogens (tertiary/aromatic N) is 1. The van der Waals surface area contributed by atoms with Crippen LogP contribution < -0.4 is 4.74 Å². The van der Waals surface area contributed by atoms with Gasteiger partial charge in [0.25, 0.3) is 0 Å². The summed E-state index contributed by atoms with van der Waals surface area (Å²) in [6, 6.07) is 6.17. The smallest absolute Gasteiger partial charge is 0.387 e. The number of aromatic nitrogens is 1. The molecular weight excluding hydrogens is 388 g/mol. The van der Waals surface area contributed by atoms with Gasteiger partial charge in [-0.2, -0.15) is 8.78 Å². The number of hydrogen-bond donors (Lipinski definition) is 0. The molecule has 5 nitrogen and oxygen atoms in total. The Balaban J connectivity index is 1.44. The highest BCUT2D eigenvalue weighted by Crippen LogP contribution is 2.52. The van der Waals surface area contributed by atoms with Crippen molar-refractivity contribution in [2.24, 2.45) is 11.8 Å². The average molecular weight is 405 g/mol. The summed E-state index contributed by atoms with van der Waals surface area (Å²) in [5, 5.41) is 0.646. The topological polar surface area (TPSA) is 65.5 Å². The Labute approximate surface area is 163 Å². The molecular formula is C20H17F2NO4S. The van der Waals surface area contributed by atoms with E-state index in [1.807, 2.05) is 6.92 Å². The largest absolute Gasteiger partial charge is 0.435 e. The molecule has 146 valence electrons. The van der Waals surface area contributed by atoms with Crippen LogP contribution in [-0.4, -0.2) is 35.4 Å². The highest BCUT2D eigenvalue weighted by Gasteiger charge is 2.63. The zero-order chi connectivity index (χ0) is 19.6. The van der Waals surface area contributed by atoms with Crippen molar-refractivity contribution >= 4 is 22.9 Å². The van der Waals surface area contributed by atoms with Crippen molar-refractivity contribution in [1.82, 2.24) is 4.98 Å². The minimum Gasteiger partial charge on any atom is -0.435 e. The first-order valence-corrected chi connectivity index (χ1v) is 10.0. The molecule has 3 unspecified atom stereocenters. The van der Waals surface area contributed by atoms with Crippen molar-refractivity contribution in [3.63, 3.8) is 0 Å². The zero-order valence-corrected chi connectivity index (χ0v) is 15.7. The van der Waals surface area contributed by atoms with Gasteiger partial charge in [-0.05, 0) is 44.0 Å². The summed E-state index contributed by atoms with van der Waals surface area (Å²) in [6.07, 6.45) is 1.42. The lowest BCUT2D eigenvalue weighted by atomic mass is 9.81. The molecule has 0 radical (unpaired) electrons. The lowest BCUT2D eigenvalue weighted by molar-refractivity contribution is -0.127. The van der Waals surface area contributed by atoms with Gasteiger partial charge in [0.2, 0.25) is 0 Å². The first kappa shape index (κ1) is 17.9. The number of hydrogen-bond acceptors (Lipinski definition) is 6. The van der Waals surface area contributed by atoms with Crippen LogP contribution in [0.2, 0.25) is 0 Å². The summed E-state index contributed by atoms with van der Waals surface area (Å²) < 4.78 is 34.7. The molecule has 0 spiro atoms. The number of halogens is 2. The highest BCUT2D eigenvalue weighted by molar-refractivity contribution is 7.15. The summed E-state index contributed by atoms with van der Waals surface area (Å²) in [6.45, 7) is -1.03. The molecule has 5 rings (SSSR count). The molecule has 28 heavy (non-hydrogen) atoms. The van der Waals surface area contributed by atoms with Crippen LogP contribution >= 0.6 is 11.3 Å². The van der Waals surface area contributed by atoms with Crippen LogP contribution in [0.4, 0.5) is 8.78 Å². The van der Waals surface area contributed by atoms with Gasteiger partial charge in [0.05, 0.1) is 29.7 Å². The van der Waals surface area contributed by atoms with Gasteiger partial charge in [0, 0.05) is 10.4 Å². The number of alkyl halides is 2. The number of carbonyl (C=O) groups is 2. The fourth-order valence-corrected chi connectivity index (χ4v) is 5.73. The molecule has 3 aliphatic rings. The highest BCUT2D eigenvalue weighted by atomic mass is 32.1. The number of Topliss-reactive ketones (excluding diaryl/α,β-unsaturated/α-hetero) is 2. The number of fused-ring (bicyclic) bond motifs is 5. The van der Waals surface area contributed by atoms with E-state index >= 15 is 0 Å². The predicted molar refractivity (Wildman–Crippen MR) is 96.5 cm³/mol. The molecule has 1 aliphatic carbocycles. The van der Waals surface area contributed by atoms with E-state index in [9.17, 15) is 18.4 Å². The number of carbonyl (C=O) groups excluding carboxylic acids is 2. The van der Waals surface area contributed by atoms with Crippen LogP contribution in [0.5, 0.6) is 5.75 Å². The third-order valence-electron chi connectivity index (χ3n) is 5.93. The summed E-state index contributed by atoms with van der Waals surface area (Å²) in [5.74, 6) is -1.53. The quantitative estimate of drug-likeness (QED) is 0.725. The Morgan fingerprint density at radius 2 is 1.71 bits per heavy atom. The Morgan fingerprint density at radius 1 is 1.11 bits per heavy atom. The van der Waals surface area contributed by atoms with Gasteiger partial charge < -0.3 is 9.47 Å². The van der Waals surface area contributed by atoms with Crippen molar-refractivity contribution in [2.75, 3.05) is 0 Å². The second-order valence-corrected chi connectivity index (χ2v) is 8.65. The van der Waals surface area contributed by atoms with E-state index in [4.69, 9.17) is 4.74 Å². The van der Waals surface area contributed by atoms with Gasteiger partial charge in [-0.15, -0.1) is 11.3 Å². The number of ether oxygens (including phenoxy) is 2. The normalized spacial score (nSPS) is 31.1. The summed E-state index contributed by atoms with van der Waals surface area (Å²) >= 11 is 1.39. The van der Waals surface area contributed by atoms with Crippen LogP contribution in [0.1, 0.15) is 29.3 Å². The molecule has 2 aromatic rings. The number of rotatable bonds is 4. The van der Waals surface area contributed by atoms with Crippen LogP contribution in [0, 0.1) is 18.8 Å². The molecule has 2 bridgehead atoms. The van der Waals surface area contributed by atoms with Crippen LogP contribution in [0.3, 0.4) is 0 Å². The van der Waals surface area contributed by atoms with E-state index in [0.29, 0.717) is 10.7 Å². The van der Waals surface area contributed by atoms with Gasteiger partial charge in [-0.1, -0.05) is 0 Å². The van der Waals surface area contributed by atoms with Gasteiger partial charge in [0.15, 0.2) is 11.6 Å². The zero-order valence-electron chi connectivity index (χ0n) is 14.9. The van der Waals surface area contributed by atoms with Crippen LogP contribution in [0.25, 0.3) is 10.6 Å². The number of benzene rings is 1. The Bertz CT molecular complexity index is 930. The molecule has 3 fully saturated rings. The number of thiazole rings is 1. The molecule has 8 heteroatoms. The lowest BCUT2D eigenvalue weighted by Crippen LogP contribution is -2.29. The maximum atomic E-state index is 13.0. The van der Waals surface area contributed by atoms with E-state index in [0.717, 1.165) is 23.3 Å². The fraction of sp³-hybridized carbons (Fsp3) is 0.450. The Hall–Kier alpha value is -2.19. The third kappa shape index (κ3) is 2.62. The van der Waals surface area contributed by atoms with E-state index in [1.165, 1.54) is 23.5 Å². The second-order valence-electron chi connectivity index (χ2n) is 7.44. The first-order valence-electron chi connectivity index (χ1n) is 9.19. The first-order chi connectivity index (χ1) is 13.4. The van der Waals surface area contributed by atoms with Gasteiger partial charge >= 0.3 is 6.61 Å². The number of aryl methyl sites for hydroxylation is 1. The minimum absolute atomic E-state index is 0.0664. The third-order valence-corrected chi connectivity index (χ3v) is 6.97. The molecule has 0 N–H and O–H groups in total. The van der Waals surface area contributed by atoms with Crippen molar-refractivity contribution in [2.45, 2.75) is 44.5 Å². The van der Waals surface area contributed by atoms with E-state index in [1.54, 1.807) is 12.1 Å². The molecule has 2 saturated heterocycles. The molecule has 2 aliphatic heterocycles. The van der Waals surface area contributed by atoms with Gasteiger partial charge in [0.1, 0.15) is 16.7 Å². The summed E-state index contributed by atoms with van der Waals surface area (Å²) in [7, 11) is 0. The maximum Gasteiger partial charge on any atom is 0.387 e. The maximum absolute atomic E-state index is 13.0. The van der Waals surface area contributed by atoms with Crippen LogP contribution in [-0.2, 0) is 14.3 Å². The Kier molecular flexibility index (Phi) is 4.10. The van der Waals surface area contributed by atoms with E-state index < -0.39 is 12.5 Å². The van der Waals surface area contributed by atoms with E-state index in [-0.39, 0.29) is 41.4 Å². The predicted octanol–water partition coefficient (Wildman–Crippen LogP) is 3.75. The number of ketones is 2. The van der Waals surface area contributed by atoms with Gasteiger partial charge in [-0.25, -0.2) is 4.98 Å².